The maximum absolute atomic E-state index is 5.73. The van der Waals surface area contributed by atoms with Gasteiger partial charge < -0.3 is 15.8 Å². The zero-order valence-corrected chi connectivity index (χ0v) is 8.29. The van der Waals surface area contributed by atoms with Gasteiger partial charge >= 0.3 is 0 Å². The minimum atomic E-state index is 0.396. The summed E-state index contributed by atoms with van der Waals surface area (Å²) in [6.45, 7) is 0.471. The van der Waals surface area contributed by atoms with Crippen LogP contribution >= 0.6 is 0 Å². The number of nitrogens with zero attached hydrogens (tertiary/aromatic N) is 1. The molecule has 0 saturated heterocycles. The minimum absolute atomic E-state index is 0.396. The van der Waals surface area contributed by atoms with Gasteiger partial charge in [-0.25, -0.2) is 4.98 Å². The average Bonchev–Trinajstić information content (AvgIpc) is 3.01. The van der Waals surface area contributed by atoms with Gasteiger partial charge in [0.2, 0.25) is 0 Å². The molecular formula is C10H15N3O. The standard InChI is InChI=1S/C10H15N3O/c1-12-10-4-9(14-8-2-3-8)7(5-11)6-13-10/h4,6,8H,2-3,5,11H2,1H3,(H,12,13). The van der Waals surface area contributed by atoms with E-state index in [1.54, 1.807) is 6.20 Å². The van der Waals surface area contributed by atoms with Crippen molar-refractivity contribution in [1.29, 1.82) is 0 Å². The number of anilines is 1. The van der Waals surface area contributed by atoms with Crippen molar-refractivity contribution in [2.75, 3.05) is 12.4 Å². The van der Waals surface area contributed by atoms with Gasteiger partial charge in [-0.2, -0.15) is 0 Å². The highest BCUT2D eigenvalue weighted by Crippen LogP contribution is 2.29. The molecule has 0 radical (unpaired) electrons. The summed E-state index contributed by atoms with van der Waals surface area (Å²) in [5.41, 5.74) is 6.57. The normalized spacial score (nSPS) is 15.3. The van der Waals surface area contributed by atoms with Crippen molar-refractivity contribution in [3.63, 3.8) is 0 Å². The highest BCUT2D eigenvalue weighted by molar-refractivity contribution is 5.44. The smallest absolute Gasteiger partial charge is 0.129 e. The lowest BCUT2D eigenvalue weighted by Crippen LogP contribution is -2.05. The molecule has 1 aromatic heterocycles. The fourth-order valence-corrected chi connectivity index (χ4v) is 1.23. The number of rotatable bonds is 4. The van der Waals surface area contributed by atoms with E-state index < -0.39 is 0 Å². The Morgan fingerprint density at radius 2 is 2.43 bits per heavy atom. The molecule has 14 heavy (non-hydrogen) atoms. The third-order valence-corrected chi connectivity index (χ3v) is 2.24. The summed E-state index contributed by atoms with van der Waals surface area (Å²) < 4.78 is 5.73. The van der Waals surface area contributed by atoms with Crippen LogP contribution in [0.5, 0.6) is 5.75 Å². The molecule has 4 nitrogen and oxygen atoms in total. The number of aromatic nitrogens is 1. The predicted molar refractivity (Wildman–Crippen MR) is 55.3 cm³/mol. The van der Waals surface area contributed by atoms with Crippen LogP contribution in [0.2, 0.25) is 0 Å². The van der Waals surface area contributed by atoms with Crippen LogP contribution in [0.4, 0.5) is 5.82 Å². The molecule has 1 aliphatic carbocycles. The fraction of sp³-hybridized carbons (Fsp3) is 0.500. The minimum Gasteiger partial charge on any atom is -0.490 e. The second kappa shape index (κ2) is 3.84. The Bertz CT molecular complexity index is 323. The third kappa shape index (κ3) is 1.96. The van der Waals surface area contributed by atoms with Crippen molar-refractivity contribution in [2.24, 2.45) is 5.73 Å². The molecule has 0 spiro atoms. The fourth-order valence-electron chi connectivity index (χ4n) is 1.23. The van der Waals surface area contributed by atoms with Gasteiger partial charge in [0.25, 0.3) is 0 Å². The first-order valence-electron chi connectivity index (χ1n) is 4.87. The van der Waals surface area contributed by atoms with E-state index in [4.69, 9.17) is 10.5 Å². The molecule has 0 amide bonds. The lowest BCUT2D eigenvalue weighted by molar-refractivity contribution is 0.300. The number of hydrogen-bond donors (Lipinski definition) is 2. The van der Waals surface area contributed by atoms with E-state index in [9.17, 15) is 0 Å². The first kappa shape index (κ1) is 9.27. The lowest BCUT2D eigenvalue weighted by atomic mass is 10.2. The van der Waals surface area contributed by atoms with Gasteiger partial charge in [0, 0.05) is 31.4 Å². The number of ether oxygens (including phenoxy) is 1. The molecule has 2 rings (SSSR count). The van der Waals surface area contributed by atoms with E-state index in [1.165, 1.54) is 0 Å². The molecule has 0 bridgehead atoms. The molecule has 1 heterocycles. The second-order valence-corrected chi connectivity index (χ2v) is 3.45. The summed E-state index contributed by atoms with van der Waals surface area (Å²) in [5, 5.41) is 2.98. The van der Waals surface area contributed by atoms with Gasteiger partial charge in [-0.15, -0.1) is 0 Å². The first-order chi connectivity index (χ1) is 6.83. The molecule has 4 heteroatoms. The van der Waals surface area contributed by atoms with Crippen LogP contribution in [-0.4, -0.2) is 18.1 Å². The van der Waals surface area contributed by atoms with E-state index in [0.717, 1.165) is 30.0 Å². The Hall–Kier alpha value is -1.29. The molecule has 1 saturated carbocycles. The van der Waals surface area contributed by atoms with Gasteiger partial charge in [0.15, 0.2) is 0 Å². The van der Waals surface area contributed by atoms with E-state index in [2.05, 4.69) is 10.3 Å². The van der Waals surface area contributed by atoms with E-state index in [1.807, 2.05) is 13.1 Å². The van der Waals surface area contributed by atoms with Crippen molar-refractivity contribution in [3.8, 4) is 5.75 Å². The van der Waals surface area contributed by atoms with E-state index in [-0.39, 0.29) is 0 Å². The van der Waals surface area contributed by atoms with Crippen LogP contribution in [0.3, 0.4) is 0 Å². The summed E-state index contributed by atoms with van der Waals surface area (Å²) in [4.78, 5) is 4.19. The molecule has 3 N–H and O–H groups in total. The molecule has 1 aromatic rings. The second-order valence-electron chi connectivity index (χ2n) is 3.45. The van der Waals surface area contributed by atoms with E-state index in [0.29, 0.717) is 12.6 Å². The number of pyridine rings is 1. The molecule has 0 unspecified atom stereocenters. The van der Waals surface area contributed by atoms with Gasteiger partial charge in [0.05, 0.1) is 6.10 Å². The van der Waals surface area contributed by atoms with E-state index >= 15 is 0 Å². The van der Waals surface area contributed by atoms with Crippen molar-refractivity contribution in [1.82, 2.24) is 4.98 Å². The first-order valence-corrected chi connectivity index (χ1v) is 4.87. The maximum atomic E-state index is 5.73. The summed E-state index contributed by atoms with van der Waals surface area (Å²) in [7, 11) is 1.84. The van der Waals surface area contributed by atoms with Crippen LogP contribution in [0.15, 0.2) is 12.3 Å². The highest BCUT2D eigenvalue weighted by Gasteiger charge is 2.24. The number of nitrogens with one attached hydrogen (secondary N) is 1. The Morgan fingerprint density at radius 3 is 3.00 bits per heavy atom. The molecule has 0 atom stereocenters. The summed E-state index contributed by atoms with van der Waals surface area (Å²) in [6.07, 6.45) is 4.47. The molecule has 1 aliphatic rings. The zero-order chi connectivity index (χ0) is 9.97. The van der Waals surface area contributed by atoms with Gasteiger partial charge in [-0.3, -0.25) is 0 Å². The van der Waals surface area contributed by atoms with Gasteiger partial charge in [0.1, 0.15) is 11.6 Å². The van der Waals surface area contributed by atoms with Crippen molar-refractivity contribution >= 4 is 5.82 Å². The Labute approximate surface area is 83.5 Å². The molecule has 0 aromatic carbocycles. The molecular weight excluding hydrogens is 178 g/mol. The largest absolute Gasteiger partial charge is 0.490 e. The number of hydrogen-bond acceptors (Lipinski definition) is 4. The van der Waals surface area contributed by atoms with Crippen LogP contribution in [0.25, 0.3) is 0 Å². The quantitative estimate of drug-likeness (QED) is 0.752. The summed E-state index contributed by atoms with van der Waals surface area (Å²) in [6, 6.07) is 1.90. The van der Waals surface area contributed by atoms with Crippen molar-refractivity contribution in [2.45, 2.75) is 25.5 Å². The van der Waals surface area contributed by atoms with Crippen LogP contribution < -0.4 is 15.8 Å². The van der Waals surface area contributed by atoms with Crippen LogP contribution in [0.1, 0.15) is 18.4 Å². The Balaban J connectivity index is 2.21. The monoisotopic (exact) mass is 193 g/mol. The van der Waals surface area contributed by atoms with Gasteiger partial charge in [-0.05, 0) is 12.8 Å². The summed E-state index contributed by atoms with van der Waals surface area (Å²) in [5.74, 6) is 1.69. The topological polar surface area (TPSA) is 60.2 Å². The molecule has 0 aliphatic heterocycles. The SMILES string of the molecule is CNc1cc(OC2CC2)c(CN)cn1. The molecule has 1 fully saturated rings. The highest BCUT2D eigenvalue weighted by atomic mass is 16.5. The zero-order valence-electron chi connectivity index (χ0n) is 8.29. The maximum Gasteiger partial charge on any atom is 0.129 e. The third-order valence-electron chi connectivity index (χ3n) is 2.24. The van der Waals surface area contributed by atoms with Crippen molar-refractivity contribution < 1.29 is 4.74 Å². The van der Waals surface area contributed by atoms with Crippen LogP contribution in [0, 0.1) is 0 Å². The predicted octanol–water partition coefficient (Wildman–Crippen LogP) is 1.12. The number of nitrogens with two attached hydrogens (primary N) is 1. The lowest BCUT2D eigenvalue weighted by Gasteiger charge is -2.10. The van der Waals surface area contributed by atoms with Crippen molar-refractivity contribution in [3.05, 3.63) is 17.8 Å². The molecule has 76 valence electrons. The summed E-state index contributed by atoms with van der Waals surface area (Å²) >= 11 is 0. The van der Waals surface area contributed by atoms with Gasteiger partial charge in [-0.1, -0.05) is 0 Å². The van der Waals surface area contributed by atoms with Crippen LogP contribution in [-0.2, 0) is 6.54 Å². The Morgan fingerprint density at radius 1 is 1.64 bits per heavy atom. The average molecular weight is 193 g/mol. The Kier molecular flexibility index (Phi) is 2.54.